The Morgan fingerprint density at radius 1 is 0.667 bits per heavy atom. The van der Waals surface area contributed by atoms with E-state index in [0.29, 0.717) is 15.5 Å². The Bertz CT molecular complexity index is 207. The predicted molar refractivity (Wildman–Crippen MR) is 101 cm³/mol. The van der Waals surface area contributed by atoms with Crippen molar-refractivity contribution in [2.75, 3.05) is 12.6 Å². The first kappa shape index (κ1) is 21.3. The molecular formula is C14H36B2P2. The minimum atomic E-state index is 0.0824. The average molecular weight is 288 g/mol. The molecule has 0 nitrogen and oxygen atoms in total. The number of hydrogen-bond acceptors (Lipinski definition) is 0. The quantitative estimate of drug-likeness (QED) is 0.530. The first-order valence-corrected chi connectivity index (χ1v) is 10.8. The van der Waals surface area contributed by atoms with Crippen LogP contribution < -0.4 is 0 Å². The van der Waals surface area contributed by atoms with Gasteiger partial charge in [0, 0.05) is 0 Å². The summed E-state index contributed by atoms with van der Waals surface area (Å²) in [7, 11) is 4.22. The van der Waals surface area contributed by atoms with Gasteiger partial charge in [0.25, 0.3) is 0 Å². The summed E-state index contributed by atoms with van der Waals surface area (Å²) in [5.74, 6) is 1.46. The van der Waals surface area contributed by atoms with Gasteiger partial charge in [0.05, 0.1) is 15.5 Å². The third kappa shape index (κ3) is 8.22. The molecule has 0 aliphatic rings. The molecule has 0 amide bonds. The van der Waals surface area contributed by atoms with E-state index in [0.717, 1.165) is 0 Å². The van der Waals surface area contributed by atoms with Crippen LogP contribution in [0, 0.1) is 0 Å². The maximum Gasteiger partial charge on any atom is 0.0643 e. The molecule has 108 valence electrons. The lowest BCUT2D eigenvalue weighted by Gasteiger charge is -2.45. The lowest BCUT2D eigenvalue weighted by molar-refractivity contribution is 0.708. The molecule has 0 aromatic carbocycles. The van der Waals surface area contributed by atoms with Crippen LogP contribution in [-0.2, 0) is 0 Å². The molecule has 0 fully saturated rings. The van der Waals surface area contributed by atoms with Crippen molar-refractivity contribution in [2.45, 2.75) is 77.8 Å². The van der Waals surface area contributed by atoms with E-state index in [4.69, 9.17) is 0 Å². The van der Waals surface area contributed by atoms with Gasteiger partial charge in [-0.1, -0.05) is 78.2 Å². The van der Waals surface area contributed by atoms with Crippen LogP contribution in [0.3, 0.4) is 0 Å². The molecule has 0 N–H and O–H groups in total. The summed E-state index contributed by atoms with van der Waals surface area (Å²) in [6, 6.07) is 0. The Balaban J connectivity index is 0. The molecule has 1 atom stereocenters. The second kappa shape index (κ2) is 7.69. The molecule has 0 rings (SSSR count). The summed E-state index contributed by atoms with van der Waals surface area (Å²) in [6.45, 7) is 24.2. The van der Waals surface area contributed by atoms with Gasteiger partial charge in [0.1, 0.15) is 0 Å². The van der Waals surface area contributed by atoms with E-state index in [-0.39, 0.29) is 15.8 Å². The van der Waals surface area contributed by atoms with Gasteiger partial charge >= 0.3 is 0 Å². The smallest absolute Gasteiger partial charge is 0.0643 e. The first-order chi connectivity index (χ1) is 7.76. The Kier molecular flexibility index (Phi) is 9.09. The highest BCUT2D eigenvalue weighted by Gasteiger charge is 2.36. The van der Waals surface area contributed by atoms with Crippen LogP contribution in [0.15, 0.2) is 0 Å². The van der Waals surface area contributed by atoms with Crippen molar-refractivity contribution in [2.24, 2.45) is 0 Å². The van der Waals surface area contributed by atoms with Gasteiger partial charge in [0.2, 0.25) is 0 Å². The normalized spacial score (nSPS) is 15.1. The third-order valence-corrected chi connectivity index (χ3v) is 11.5. The van der Waals surface area contributed by atoms with Crippen LogP contribution in [0.2, 0.25) is 0 Å². The molecule has 0 radical (unpaired) electrons. The molecule has 0 spiro atoms. The standard InChI is InChI=1S/C14H32P2.B2H4/c1-12(2,3)15(10)11-16(13(4,5)6)14(7,8)9;1-2/h11H2,1-10H3;1-2H2. The minimum absolute atomic E-state index is 0.0824. The molecule has 0 aromatic rings. The Morgan fingerprint density at radius 2 is 0.944 bits per heavy atom. The van der Waals surface area contributed by atoms with Gasteiger partial charge in [-0.2, -0.15) is 0 Å². The van der Waals surface area contributed by atoms with Crippen molar-refractivity contribution in [3.63, 3.8) is 0 Å². The summed E-state index contributed by atoms with van der Waals surface area (Å²) in [6.07, 6.45) is 0. The topological polar surface area (TPSA) is 0 Å². The van der Waals surface area contributed by atoms with E-state index >= 15 is 0 Å². The van der Waals surface area contributed by atoms with E-state index in [1.54, 1.807) is 0 Å². The van der Waals surface area contributed by atoms with Gasteiger partial charge in [-0.25, -0.2) is 0 Å². The highest BCUT2D eigenvalue weighted by molar-refractivity contribution is 7.76. The summed E-state index contributed by atoms with van der Waals surface area (Å²) >= 11 is 0. The SMILES string of the molecule is BB.CP(CP(C(C)(C)C)C(C)(C)C)C(C)(C)C. The van der Waals surface area contributed by atoms with Crippen LogP contribution in [0.5, 0.6) is 0 Å². The second-order valence-corrected chi connectivity index (χ2v) is 15.2. The Morgan fingerprint density at radius 3 is 1.11 bits per heavy atom. The zero-order chi connectivity index (χ0) is 15.4. The molecule has 0 heterocycles. The molecule has 0 saturated carbocycles. The van der Waals surface area contributed by atoms with Crippen molar-refractivity contribution in [1.29, 1.82) is 0 Å². The third-order valence-electron chi connectivity index (χ3n) is 3.12. The summed E-state index contributed by atoms with van der Waals surface area (Å²) < 4.78 is 0. The van der Waals surface area contributed by atoms with Crippen LogP contribution in [0.25, 0.3) is 0 Å². The van der Waals surface area contributed by atoms with Gasteiger partial charge in [-0.05, 0) is 28.0 Å². The minimum Gasteiger partial charge on any atom is -0.0999 e. The van der Waals surface area contributed by atoms with Crippen molar-refractivity contribution in [1.82, 2.24) is 0 Å². The zero-order valence-corrected chi connectivity index (χ0v) is 16.9. The van der Waals surface area contributed by atoms with Gasteiger partial charge < -0.3 is 0 Å². The van der Waals surface area contributed by atoms with Gasteiger partial charge in [0.15, 0.2) is 0 Å². The van der Waals surface area contributed by atoms with E-state index < -0.39 is 0 Å². The van der Waals surface area contributed by atoms with Gasteiger partial charge in [-0.15, -0.1) is 0 Å². The maximum absolute atomic E-state index is 2.49. The van der Waals surface area contributed by atoms with E-state index in [2.05, 4.69) is 69.0 Å². The molecule has 18 heavy (non-hydrogen) atoms. The summed E-state index contributed by atoms with van der Waals surface area (Å²) in [4.78, 5) is 0. The molecule has 0 saturated heterocycles. The fourth-order valence-electron chi connectivity index (χ4n) is 1.85. The fraction of sp³-hybridized carbons (Fsp3) is 1.00. The van der Waals surface area contributed by atoms with E-state index in [9.17, 15) is 0 Å². The predicted octanol–water partition coefficient (Wildman–Crippen LogP) is 4.10. The van der Waals surface area contributed by atoms with Crippen LogP contribution >= 0.6 is 15.8 Å². The average Bonchev–Trinajstić information content (AvgIpc) is 2.11. The molecule has 1 unspecified atom stereocenters. The molecule has 0 aliphatic carbocycles. The monoisotopic (exact) mass is 288 g/mol. The highest BCUT2D eigenvalue weighted by Crippen LogP contribution is 2.66. The van der Waals surface area contributed by atoms with Crippen molar-refractivity contribution in [3.05, 3.63) is 0 Å². The van der Waals surface area contributed by atoms with Crippen LogP contribution in [0.4, 0.5) is 0 Å². The zero-order valence-electron chi connectivity index (χ0n) is 15.1. The lowest BCUT2D eigenvalue weighted by atomic mass is 9.81. The van der Waals surface area contributed by atoms with E-state index in [1.807, 2.05) is 15.5 Å². The Hall–Kier alpha value is 0.990. The number of rotatable bonds is 2. The molecule has 0 aromatic heterocycles. The van der Waals surface area contributed by atoms with Crippen LogP contribution in [0.1, 0.15) is 62.3 Å². The molecule has 0 bridgehead atoms. The van der Waals surface area contributed by atoms with Crippen molar-refractivity contribution < 1.29 is 0 Å². The molecule has 4 heteroatoms. The van der Waals surface area contributed by atoms with Crippen molar-refractivity contribution >= 4 is 31.3 Å². The van der Waals surface area contributed by atoms with Gasteiger partial charge in [-0.3, -0.25) is 0 Å². The second-order valence-electron chi connectivity index (χ2n) is 7.78. The molecule has 0 aliphatic heterocycles. The lowest BCUT2D eigenvalue weighted by Crippen LogP contribution is -2.27. The van der Waals surface area contributed by atoms with E-state index in [1.165, 1.54) is 5.90 Å². The summed E-state index contributed by atoms with van der Waals surface area (Å²) in [5.41, 5.74) is 0. The summed E-state index contributed by atoms with van der Waals surface area (Å²) in [5, 5.41) is 1.47. The van der Waals surface area contributed by atoms with Crippen molar-refractivity contribution in [3.8, 4) is 0 Å². The molecular weight excluding hydrogens is 252 g/mol. The largest absolute Gasteiger partial charge is 0.0999 e. The van der Waals surface area contributed by atoms with Crippen LogP contribution in [-0.4, -0.2) is 43.5 Å². The maximum atomic E-state index is 2.49. The number of hydrogen-bond donors (Lipinski definition) is 0. The fourth-order valence-corrected chi connectivity index (χ4v) is 10.7. The first-order valence-electron chi connectivity index (χ1n) is 7.25. The Labute approximate surface area is 122 Å². The highest BCUT2D eigenvalue weighted by atomic mass is 31.2.